The number of aromatic nitrogens is 2. The van der Waals surface area contributed by atoms with E-state index < -0.39 is 0 Å². The van der Waals surface area contributed by atoms with Crippen LogP contribution in [0.2, 0.25) is 0 Å². The number of nitrogens with zero attached hydrogens (tertiary/aromatic N) is 2. The van der Waals surface area contributed by atoms with Crippen molar-refractivity contribution >= 4 is 32.6 Å². The summed E-state index contributed by atoms with van der Waals surface area (Å²) >= 11 is 1.44. The molecule has 20 heavy (non-hydrogen) atoms. The van der Waals surface area contributed by atoms with E-state index in [-0.39, 0.29) is 11.7 Å². The van der Waals surface area contributed by atoms with Crippen LogP contribution < -0.4 is 5.32 Å². The molecule has 0 saturated carbocycles. The van der Waals surface area contributed by atoms with Crippen molar-refractivity contribution in [1.29, 1.82) is 0 Å². The summed E-state index contributed by atoms with van der Waals surface area (Å²) in [6.07, 6.45) is 0. The fourth-order valence-electron chi connectivity index (χ4n) is 1.86. The Bertz CT molecular complexity index is 765. The number of anilines is 1. The van der Waals surface area contributed by atoms with Crippen LogP contribution in [0.5, 0.6) is 0 Å². The monoisotopic (exact) mass is 287 g/mol. The Labute approximate surface area is 119 Å². The highest BCUT2D eigenvalue weighted by atomic mass is 32.1. The van der Waals surface area contributed by atoms with Crippen molar-refractivity contribution in [2.24, 2.45) is 0 Å². The highest BCUT2D eigenvalue weighted by Gasteiger charge is 2.14. The molecule has 1 amide bonds. The van der Waals surface area contributed by atoms with Gasteiger partial charge >= 0.3 is 0 Å². The zero-order chi connectivity index (χ0) is 14.3. The predicted molar refractivity (Wildman–Crippen MR) is 78.3 cm³/mol. The fraction of sp³-hybridized carbons (Fsp3) is 0.214. The molecule has 1 aromatic carbocycles. The summed E-state index contributed by atoms with van der Waals surface area (Å²) in [5, 5.41) is 6.99. The quantitative estimate of drug-likeness (QED) is 0.783. The maximum absolute atomic E-state index is 12.0. The van der Waals surface area contributed by atoms with Gasteiger partial charge < -0.3 is 4.52 Å². The fourth-order valence-corrected chi connectivity index (χ4v) is 2.80. The van der Waals surface area contributed by atoms with Gasteiger partial charge in [0, 0.05) is 6.07 Å². The molecule has 102 valence electrons. The van der Waals surface area contributed by atoms with Gasteiger partial charge in [0.1, 0.15) is 0 Å². The number of carbonyl (C=O) groups excluding carboxylic acids is 1. The second-order valence-electron chi connectivity index (χ2n) is 4.71. The van der Waals surface area contributed by atoms with Crippen LogP contribution in [0, 0.1) is 20.8 Å². The maximum atomic E-state index is 12.0. The largest absolute Gasteiger partial charge is 0.351 e. The summed E-state index contributed by atoms with van der Waals surface area (Å²) in [6.45, 7) is 5.87. The number of nitrogens with one attached hydrogen (secondary N) is 1. The molecule has 3 aromatic rings. The maximum Gasteiger partial charge on any atom is 0.296 e. The highest BCUT2D eigenvalue weighted by Crippen LogP contribution is 2.28. The van der Waals surface area contributed by atoms with Crippen LogP contribution in [-0.4, -0.2) is 16.0 Å². The van der Waals surface area contributed by atoms with Gasteiger partial charge in [0.05, 0.1) is 15.9 Å². The third-order valence-corrected chi connectivity index (χ3v) is 4.01. The molecule has 2 aromatic heterocycles. The second kappa shape index (κ2) is 4.72. The topological polar surface area (TPSA) is 68.0 Å². The number of thiazole rings is 1. The summed E-state index contributed by atoms with van der Waals surface area (Å²) in [5.74, 6) is -0.146. The molecule has 0 radical (unpaired) electrons. The van der Waals surface area contributed by atoms with Crippen molar-refractivity contribution < 1.29 is 9.32 Å². The molecule has 1 N–H and O–H groups in total. The summed E-state index contributed by atoms with van der Waals surface area (Å²) in [4.78, 5) is 16.4. The van der Waals surface area contributed by atoms with Crippen LogP contribution >= 0.6 is 11.3 Å². The van der Waals surface area contributed by atoms with Gasteiger partial charge in [-0.05, 0) is 44.0 Å². The van der Waals surface area contributed by atoms with Crippen LogP contribution in [0.1, 0.15) is 27.4 Å². The van der Waals surface area contributed by atoms with E-state index in [2.05, 4.69) is 28.4 Å². The molecular weight excluding hydrogens is 274 g/mol. The number of fused-ring (bicyclic) bond motifs is 1. The van der Waals surface area contributed by atoms with E-state index in [4.69, 9.17) is 4.52 Å². The Morgan fingerprint density at radius 2 is 1.95 bits per heavy atom. The van der Waals surface area contributed by atoms with Crippen molar-refractivity contribution in [3.63, 3.8) is 0 Å². The minimum Gasteiger partial charge on any atom is -0.351 e. The third-order valence-electron chi connectivity index (χ3n) is 3.08. The van der Waals surface area contributed by atoms with Crippen molar-refractivity contribution in [1.82, 2.24) is 10.1 Å². The smallest absolute Gasteiger partial charge is 0.296 e. The van der Waals surface area contributed by atoms with E-state index in [0.717, 1.165) is 10.2 Å². The van der Waals surface area contributed by atoms with Gasteiger partial charge in [0.15, 0.2) is 5.13 Å². The zero-order valence-electron chi connectivity index (χ0n) is 11.4. The van der Waals surface area contributed by atoms with E-state index in [9.17, 15) is 4.79 Å². The first-order valence-electron chi connectivity index (χ1n) is 6.15. The van der Waals surface area contributed by atoms with Gasteiger partial charge in [-0.25, -0.2) is 4.98 Å². The standard InChI is InChI=1S/C14H13N3O2S/c1-7-4-10-12(5-8(7)2)20-14(15-10)16-13(18)11-6-9(3)17-19-11/h4-6H,1-3H3,(H,15,16,18). The number of hydrogen-bond donors (Lipinski definition) is 1. The van der Waals surface area contributed by atoms with Gasteiger partial charge in [-0.3, -0.25) is 10.1 Å². The molecule has 6 heteroatoms. The van der Waals surface area contributed by atoms with E-state index in [1.54, 1.807) is 13.0 Å². The van der Waals surface area contributed by atoms with Crippen LogP contribution in [0.15, 0.2) is 22.7 Å². The molecule has 3 rings (SSSR count). The Hall–Kier alpha value is -2.21. The number of amides is 1. The molecular formula is C14H13N3O2S. The van der Waals surface area contributed by atoms with Gasteiger partial charge in [-0.2, -0.15) is 0 Å². The van der Waals surface area contributed by atoms with Gasteiger partial charge in [0.25, 0.3) is 5.91 Å². The van der Waals surface area contributed by atoms with Crippen LogP contribution in [-0.2, 0) is 0 Å². The first-order valence-corrected chi connectivity index (χ1v) is 6.97. The van der Waals surface area contributed by atoms with Crippen molar-refractivity contribution in [3.05, 3.63) is 40.8 Å². The molecule has 0 spiro atoms. The number of benzene rings is 1. The molecule has 5 nitrogen and oxygen atoms in total. The number of rotatable bonds is 2. The molecule has 2 heterocycles. The molecule has 0 atom stereocenters. The normalized spacial score (nSPS) is 10.9. The van der Waals surface area contributed by atoms with Crippen molar-refractivity contribution in [3.8, 4) is 0 Å². The molecule has 0 fully saturated rings. The number of carbonyl (C=O) groups is 1. The van der Waals surface area contributed by atoms with E-state index >= 15 is 0 Å². The van der Waals surface area contributed by atoms with Gasteiger partial charge in [-0.1, -0.05) is 16.5 Å². The van der Waals surface area contributed by atoms with Gasteiger partial charge in [0.2, 0.25) is 5.76 Å². The van der Waals surface area contributed by atoms with E-state index in [1.165, 1.54) is 22.5 Å². The van der Waals surface area contributed by atoms with E-state index in [0.29, 0.717) is 10.8 Å². The molecule has 0 aliphatic carbocycles. The van der Waals surface area contributed by atoms with Crippen LogP contribution in [0.4, 0.5) is 5.13 Å². The van der Waals surface area contributed by atoms with Gasteiger partial charge in [-0.15, -0.1) is 0 Å². The van der Waals surface area contributed by atoms with Crippen molar-refractivity contribution in [2.75, 3.05) is 5.32 Å². The van der Waals surface area contributed by atoms with Crippen LogP contribution in [0.3, 0.4) is 0 Å². The Balaban J connectivity index is 1.89. The van der Waals surface area contributed by atoms with Crippen molar-refractivity contribution in [2.45, 2.75) is 20.8 Å². The Morgan fingerprint density at radius 1 is 1.20 bits per heavy atom. The lowest BCUT2D eigenvalue weighted by atomic mass is 10.1. The first-order chi connectivity index (χ1) is 9.52. The second-order valence-corrected chi connectivity index (χ2v) is 5.74. The summed E-state index contributed by atoms with van der Waals surface area (Å²) in [7, 11) is 0. The number of aryl methyl sites for hydroxylation is 3. The third kappa shape index (κ3) is 2.30. The lowest BCUT2D eigenvalue weighted by molar-refractivity contribution is 0.0988. The van der Waals surface area contributed by atoms with E-state index in [1.807, 2.05) is 13.0 Å². The lowest BCUT2D eigenvalue weighted by Crippen LogP contribution is -2.10. The average Bonchev–Trinajstić information content (AvgIpc) is 2.96. The molecule has 0 aliphatic rings. The average molecular weight is 287 g/mol. The first kappa shape index (κ1) is 12.8. The molecule has 0 unspecified atom stereocenters. The highest BCUT2D eigenvalue weighted by molar-refractivity contribution is 7.22. The minimum absolute atomic E-state index is 0.189. The lowest BCUT2D eigenvalue weighted by Gasteiger charge is -1.96. The number of hydrogen-bond acceptors (Lipinski definition) is 5. The Kier molecular flexibility index (Phi) is 3.02. The zero-order valence-corrected chi connectivity index (χ0v) is 12.2. The summed E-state index contributed by atoms with van der Waals surface area (Å²) in [5.41, 5.74) is 3.96. The minimum atomic E-state index is -0.335. The predicted octanol–water partition coefficient (Wildman–Crippen LogP) is 3.46. The SMILES string of the molecule is Cc1cc(C(=O)Nc2nc3cc(C)c(C)cc3s2)on1. The van der Waals surface area contributed by atoms with Crippen LogP contribution in [0.25, 0.3) is 10.2 Å². The summed E-state index contributed by atoms with van der Waals surface area (Å²) in [6, 6.07) is 5.70. The molecule has 0 saturated heterocycles. The Morgan fingerprint density at radius 3 is 2.65 bits per heavy atom. The summed E-state index contributed by atoms with van der Waals surface area (Å²) < 4.78 is 5.98. The molecule has 0 aliphatic heterocycles. The molecule has 0 bridgehead atoms.